The van der Waals surface area contributed by atoms with E-state index in [-0.39, 0.29) is 23.6 Å². The van der Waals surface area contributed by atoms with E-state index in [4.69, 9.17) is 4.74 Å². The summed E-state index contributed by atoms with van der Waals surface area (Å²) in [6, 6.07) is 5.12. The largest absolute Gasteiger partial charge is 0.463 e. The second-order valence-electron chi connectivity index (χ2n) is 5.20. The van der Waals surface area contributed by atoms with Crippen LogP contribution in [0.25, 0.3) is 0 Å². The standard InChI is InChI=1S/C16H14N4O5/c1-2-25-15(22)13-12(9-21)18-16-17-6-7-19(16)14(13)10-4-3-5-11(8-10)20(23)24/h3-9,14H,2H2,1H3,(H,17,18). The fraction of sp³-hybridized carbons (Fsp3) is 0.188. The second kappa shape index (κ2) is 6.56. The second-order valence-corrected chi connectivity index (χ2v) is 5.20. The molecule has 1 N–H and O–H groups in total. The number of nitrogens with zero attached hydrogens (tertiary/aromatic N) is 3. The molecule has 2 heterocycles. The molecule has 1 unspecified atom stereocenters. The van der Waals surface area contributed by atoms with E-state index >= 15 is 0 Å². The molecule has 9 nitrogen and oxygen atoms in total. The van der Waals surface area contributed by atoms with Crippen LogP contribution in [-0.4, -0.2) is 33.3 Å². The number of fused-ring (bicyclic) bond motifs is 1. The fourth-order valence-corrected chi connectivity index (χ4v) is 2.75. The number of non-ortho nitro benzene ring substituents is 1. The minimum atomic E-state index is -0.766. The number of carbonyl (C=O) groups is 2. The summed E-state index contributed by atoms with van der Waals surface area (Å²) in [4.78, 5) is 38.6. The van der Waals surface area contributed by atoms with Gasteiger partial charge in [0, 0.05) is 24.5 Å². The zero-order valence-electron chi connectivity index (χ0n) is 13.2. The Kier molecular flexibility index (Phi) is 4.29. The van der Waals surface area contributed by atoms with Crippen molar-refractivity contribution in [2.24, 2.45) is 0 Å². The number of carbonyl (C=O) groups excluding carboxylic acids is 2. The third-order valence-electron chi connectivity index (χ3n) is 3.77. The van der Waals surface area contributed by atoms with Gasteiger partial charge in [-0.15, -0.1) is 0 Å². The predicted molar refractivity (Wildman–Crippen MR) is 86.8 cm³/mol. The van der Waals surface area contributed by atoms with Gasteiger partial charge < -0.3 is 14.6 Å². The lowest BCUT2D eigenvalue weighted by Gasteiger charge is -2.28. The van der Waals surface area contributed by atoms with Crippen molar-refractivity contribution >= 4 is 23.9 Å². The molecule has 2 aromatic rings. The van der Waals surface area contributed by atoms with Gasteiger partial charge in [-0.2, -0.15) is 0 Å². The molecule has 1 aliphatic rings. The first-order chi connectivity index (χ1) is 12.1. The van der Waals surface area contributed by atoms with Crippen LogP contribution in [0.2, 0.25) is 0 Å². The fourth-order valence-electron chi connectivity index (χ4n) is 2.75. The Morgan fingerprint density at radius 3 is 3.00 bits per heavy atom. The summed E-state index contributed by atoms with van der Waals surface area (Å²) < 4.78 is 6.69. The Morgan fingerprint density at radius 2 is 2.32 bits per heavy atom. The number of anilines is 1. The van der Waals surface area contributed by atoms with Crippen molar-refractivity contribution in [3.05, 3.63) is 63.6 Å². The highest BCUT2D eigenvalue weighted by Crippen LogP contribution is 2.36. The third-order valence-corrected chi connectivity index (χ3v) is 3.77. The van der Waals surface area contributed by atoms with Gasteiger partial charge in [0.15, 0.2) is 6.29 Å². The SMILES string of the molecule is CCOC(=O)C1=C(C=O)Nc2nccn2C1c1cccc([N+](=O)[O-])c1. The number of imidazole rings is 1. The van der Waals surface area contributed by atoms with Crippen LogP contribution in [0.1, 0.15) is 18.5 Å². The molecule has 3 rings (SSSR count). The van der Waals surface area contributed by atoms with Gasteiger partial charge >= 0.3 is 5.97 Å². The number of nitro benzene ring substituents is 1. The van der Waals surface area contributed by atoms with Crippen LogP contribution in [-0.2, 0) is 14.3 Å². The third kappa shape index (κ3) is 2.87. The summed E-state index contributed by atoms with van der Waals surface area (Å²) >= 11 is 0. The van der Waals surface area contributed by atoms with Gasteiger partial charge in [-0.1, -0.05) is 12.1 Å². The molecule has 25 heavy (non-hydrogen) atoms. The van der Waals surface area contributed by atoms with Gasteiger partial charge in [-0.3, -0.25) is 14.9 Å². The molecule has 0 saturated carbocycles. The van der Waals surface area contributed by atoms with Gasteiger partial charge in [-0.05, 0) is 12.5 Å². The van der Waals surface area contributed by atoms with Crippen molar-refractivity contribution < 1.29 is 19.2 Å². The molecule has 0 radical (unpaired) electrons. The first kappa shape index (κ1) is 16.4. The zero-order chi connectivity index (χ0) is 18.0. The van der Waals surface area contributed by atoms with Crippen LogP contribution in [0.15, 0.2) is 47.9 Å². The maximum absolute atomic E-state index is 12.5. The first-order valence-electron chi connectivity index (χ1n) is 7.47. The highest BCUT2D eigenvalue weighted by atomic mass is 16.6. The number of nitro groups is 1. The summed E-state index contributed by atoms with van der Waals surface area (Å²) in [5.74, 6) is -0.320. The molecule has 0 bridgehead atoms. The number of esters is 1. The molecule has 1 aromatic heterocycles. The van der Waals surface area contributed by atoms with E-state index in [1.165, 1.54) is 24.4 Å². The van der Waals surface area contributed by atoms with E-state index < -0.39 is 16.9 Å². The molecule has 0 spiro atoms. The van der Waals surface area contributed by atoms with Crippen LogP contribution in [0, 0.1) is 10.1 Å². The van der Waals surface area contributed by atoms with E-state index in [2.05, 4.69) is 10.3 Å². The minimum Gasteiger partial charge on any atom is -0.463 e. The highest BCUT2D eigenvalue weighted by Gasteiger charge is 2.35. The molecule has 1 aromatic carbocycles. The number of ether oxygens (including phenoxy) is 1. The van der Waals surface area contributed by atoms with Crippen molar-refractivity contribution in [3.8, 4) is 0 Å². The minimum absolute atomic E-state index is 0.0219. The maximum Gasteiger partial charge on any atom is 0.338 e. The van der Waals surface area contributed by atoms with Gasteiger partial charge in [-0.25, -0.2) is 9.78 Å². The van der Waals surface area contributed by atoms with Crippen molar-refractivity contribution in [3.63, 3.8) is 0 Å². The van der Waals surface area contributed by atoms with Gasteiger partial charge in [0.25, 0.3) is 5.69 Å². The number of allylic oxidation sites excluding steroid dienone is 1. The Balaban J connectivity index is 2.20. The smallest absolute Gasteiger partial charge is 0.338 e. The van der Waals surface area contributed by atoms with E-state index in [0.717, 1.165) is 0 Å². The average molecular weight is 342 g/mol. The van der Waals surface area contributed by atoms with Crippen molar-refractivity contribution in [2.45, 2.75) is 13.0 Å². The van der Waals surface area contributed by atoms with Crippen LogP contribution in [0.3, 0.4) is 0 Å². The lowest BCUT2D eigenvalue weighted by atomic mass is 9.95. The van der Waals surface area contributed by atoms with Crippen LogP contribution in [0.4, 0.5) is 11.6 Å². The molecule has 1 atom stereocenters. The summed E-state index contributed by atoms with van der Waals surface area (Å²) in [7, 11) is 0. The monoisotopic (exact) mass is 342 g/mol. The topological polar surface area (TPSA) is 116 Å². The van der Waals surface area contributed by atoms with E-state index in [1.54, 1.807) is 23.8 Å². The Bertz CT molecular complexity index is 886. The highest BCUT2D eigenvalue weighted by molar-refractivity contribution is 5.99. The number of benzene rings is 1. The van der Waals surface area contributed by atoms with E-state index in [1.807, 2.05) is 0 Å². The average Bonchev–Trinajstić information content (AvgIpc) is 3.08. The Hall–Kier alpha value is -3.49. The number of rotatable bonds is 5. The van der Waals surface area contributed by atoms with Gasteiger partial charge in [0.2, 0.25) is 5.95 Å². The van der Waals surface area contributed by atoms with Crippen molar-refractivity contribution in [1.82, 2.24) is 9.55 Å². The van der Waals surface area contributed by atoms with Crippen LogP contribution in [0.5, 0.6) is 0 Å². The first-order valence-corrected chi connectivity index (χ1v) is 7.47. The molecular formula is C16H14N4O5. The van der Waals surface area contributed by atoms with Crippen LogP contribution >= 0.6 is 0 Å². The number of hydrogen-bond acceptors (Lipinski definition) is 7. The van der Waals surface area contributed by atoms with Crippen LogP contribution < -0.4 is 5.32 Å². The number of aromatic nitrogens is 2. The zero-order valence-corrected chi connectivity index (χ0v) is 13.2. The quantitative estimate of drug-likeness (QED) is 0.381. The molecule has 9 heteroatoms. The molecule has 0 fully saturated rings. The molecule has 0 aliphatic carbocycles. The number of hydrogen-bond donors (Lipinski definition) is 1. The predicted octanol–water partition coefficient (Wildman–Crippen LogP) is 1.82. The normalized spacial score (nSPS) is 16.0. The van der Waals surface area contributed by atoms with E-state index in [0.29, 0.717) is 17.8 Å². The summed E-state index contributed by atoms with van der Waals surface area (Å²) in [6.07, 6.45) is 3.63. The molecular weight excluding hydrogens is 328 g/mol. The van der Waals surface area contributed by atoms with E-state index in [9.17, 15) is 19.7 Å². The van der Waals surface area contributed by atoms with Gasteiger partial charge in [0.1, 0.15) is 0 Å². The Labute approximate surface area is 142 Å². The summed E-state index contributed by atoms with van der Waals surface area (Å²) in [6.45, 7) is 1.78. The lowest BCUT2D eigenvalue weighted by Crippen LogP contribution is -2.30. The molecule has 128 valence electrons. The van der Waals surface area contributed by atoms with Crippen molar-refractivity contribution in [2.75, 3.05) is 11.9 Å². The van der Waals surface area contributed by atoms with Crippen molar-refractivity contribution in [1.29, 1.82) is 0 Å². The summed E-state index contributed by atoms with van der Waals surface area (Å²) in [5, 5.41) is 13.9. The van der Waals surface area contributed by atoms with Gasteiger partial charge in [0.05, 0.1) is 28.8 Å². The molecule has 0 amide bonds. The molecule has 1 aliphatic heterocycles. The summed E-state index contributed by atoms with van der Waals surface area (Å²) in [5.41, 5.74) is 0.447. The number of aldehydes is 1. The number of nitrogens with one attached hydrogen (secondary N) is 1. The Morgan fingerprint density at radius 1 is 1.52 bits per heavy atom. The maximum atomic E-state index is 12.5. The lowest BCUT2D eigenvalue weighted by molar-refractivity contribution is -0.384. The molecule has 0 saturated heterocycles.